The summed E-state index contributed by atoms with van der Waals surface area (Å²) in [6.07, 6.45) is 18.2. The van der Waals surface area contributed by atoms with Crippen molar-refractivity contribution in [1.29, 1.82) is 0 Å². The van der Waals surface area contributed by atoms with Crippen LogP contribution in [0.4, 0.5) is 0 Å². The van der Waals surface area contributed by atoms with Crippen molar-refractivity contribution in [2.45, 2.75) is 115 Å². The van der Waals surface area contributed by atoms with Crippen molar-refractivity contribution in [3.05, 3.63) is 162 Å². The third-order valence-electron chi connectivity index (χ3n) is 16.2. The predicted molar refractivity (Wildman–Crippen MR) is 238 cm³/mol. The molecule has 1 atom stereocenters. The molecule has 0 nitrogen and oxygen atoms in total. The first-order valence-corrected chi connectivity index (χ1v) is 26.2. The van der Waals surface area contributed by atoms with Crippen molar-refractivity contribution in [2.24, 2.45) is 29.1 Å². The number of hydrogen-bond acceptors (Lipinski definition) is 0. The molecule has 0 saturated heterocycles. The van der Waals surface area contributed by atoms with Gasteiger partial charge in [0.1, 0.15) is 0 Å². The van der Waals surface area contributed by atoms with E-state index in [-0.39, 0.29) is 35.6 Å². The van der Waals surface area contributed by atoms with Gasteiger partial charge in [-0.05, 0) is 0 Å². The van der Waals surface area contributed by atoms with E-state index < -0.39 is 21.3 Å². The van der Waals surface area contributed by atoms with E-state index in [1.54, 1.807) is 25.5 Å². The molecule has 302 valence electrons. The molecule has 0 heterocycles. The molecule has 0 aliphatic heterocycles. The molecule has 0 aromatic heterocycles. The Morgan fingerprint density at radius 2 is 1.05 bits per heavy atom. The van der Waals surface area contributed by atoms with Crippen LogP contribution in [-0.2, 0) is 32.1 Å². The fraction of sp³-hybridized carbons (Fsp3) is 0.411. The van der Waals surface area contributed by atoms with Crippen molar-refractivity contribution in [3.63, 3.8) is 0 Å². The molecule has 0 spiro atoms. The maximum atomic E-state index is 2.80. The van der Waals surface area contributed by atoms with E-state index in [9.17, 15) is 0 Å². The maximum absolute atomic E-state index is 3.02. The molecule has 4 fully saturated rings. The third-order valence-corrected chi connectivity index (χ3v) is 25.3. The Bertz CT molecular complexity index is 2390. The number of hydrogen-bond donors (Lipinski definition) is 0. The van der Waals surface area contributed by atoms with E-state index in [1.165, 1.54) is 101 Å². The van der Waals surface area contributed by atoms with E-state index in [4.69, 9.17) is 0 Å². The van der Waals surface area contributed by atoms with Gasteiger partial charge in [-0.1, -0.05) is 0 Å². The summed E-state index contributed by atoms with van der Waals surface area (Å²) >= 11 is -3.02. The van der Waals surface area contributed by atoms with Crippen molar-refractivity contribution in [1.82, 2.24) is 0 Å². The van der Waals surface area contributed by atoms with Crippen molar-refractivity contribution < 1.29 is 46.1 Å². The van der Waals surface area contributed by atoms with E-state index in [0.717, 1.165) is 17.8 Å². The van der Waals surface area contributed by atoms with Crippen LogP contribution in [0.25, 0.3) is 22.3 Å². The third kappa shape index (κ3) is 6.48. The van der Waals surface area contributed by atoms with Crippen LogP contribution in [0.5, 0.6) is 0 Å². The number of benzene rings is 4. The van der Waals surface area contributed by atoms with Gasteiger partial charge in [0.25, 0.3) is 0 Å². The van der Waals surface area contributed by atoms with Gasteiger partial charge in [0.15, 0.2) is 0 Å². The minimum atomic E-state index is -3.02. The second-order valence-electron chi connectivity index (χ2n) is 21.1. The molecule has 4 aromatic rings. The fourth-order valence-electron chi connectivity index (χ4n) is 14.5. The quantitative estimate of drug-likeness (QED) is 0.182. The molecule has 8 aliphatic rings. The summed E-state index contributed by atoms with van der Waals surface area (Å²) in [5, 5.41) is 0. The first kappa shape index (κ1) is 41.5. The van der Waals surface area contributed by atoms with Crippen LogP contribution in [0.2, 0.25) is 0 Å². The van der Waals surface area contributed by atoms with Crippen LogP contribution in [-0.4, -0.2) is 3.21 Å². The average molecular weight is 895 g/mol. The molecule has 0 N–H and O–H groups in total. The van der Waals surface area contributed by atoms with Gasteiger partial charge in [-0.15, -0.1) is 0 Å². The molecule has 0 amide bonds. The summed E-state index contributed by atoms with van der Waals surface area (Å²) in [5.41, 5.74) is 21.9. The van der Waals surface area contributed by atoms with Crippen LogP contribution in [0.1, 0.15) is 148 Å². The average Bonchev–Trinajstić information content (AvgIpc) is 3.78. The minimum absolute atomic E-state index is 0. The molecular formula is C56H60Cl2Zr. The van der Waals surface area contributed by atoms with Gasteiger partial charge in [0, 0.05) is 0 Å². The number of fused-ring (bicyclic) bond motifs is 5. The molecule has 3 heteroatoms. The van der Waals surface area contributed by atoms with E-state index in [0.29, 0.717) is 15.0 Å². The maximum Gasteiger partial charge on any atom is -1.00 e. The molecule has 59 heavy (non-hydrogen) atoms. The van der Waals surface area contributed by atoms with Crippen LogP contribution < -0.4 is 24.8 Å². The molecule has 4 aromatic carbocycles. The Morgan fingerprint density at radius 1 is 0.610 bits per heavy atom. The second kappa shape index (κ2) is 14.6. The first-order valence-electron chi connectivity index (χ1n) is 22.3. The van der Waals surface area contributed by atoms with Gasteiger partial charge in [0.2, 0.25) is 0 Å². The van der Waals surface area contributed by atoms with Gasteiger partial charge in [-0.2, -0.15) is 0 Å². The summed E-state index contributed by atoms with van der Waals surface area (Å²) in [6, 6.07) is 34.1. The summed E-state index contributed by atoms with van der Waals surface area (Å²) in [5.74, 6) is 3.42. The Morgan fingerprint density at radius 3 is 1.49 bits per heavy atom. The monoisotopic (exact) mass is 892 g/mol. The topological polar surface area (TPSA) is 0 Å². The van der Waals surface area contributed by atoms with Gasteiger partial charge < -0.3 is 24.8 Å². The summed E-state index contributed by atoms with van der Waals surface area (Å²) < 4.78 is 3.92. The van der Waals surface area contributed by atoms with Gasteiger partial charge >= 0.3 is 353 Å². The Labute approximate surface area is 374 Å². The zero-order valence-electron chi connectivity index (χ0n) is 36.4. The van der Waals surface area contributed by atoms with Crippen molar-refractivity contribution in [3.8, 4) is 11.1 Å². The number of halogens is 2. The van der Waals surface area contributed by atoms with Crippen molar-refractivity contribution in [2.75, 3.05) is 0 Å². The molecule has 12 rings (SSSR count). The molecule has 4 bridgehead atoms. The van der Waals surface area contributed by atoms with Crippen molar-refractivity contribution >= 4 is 14.4 Å². The zero-order valence-corrected chi connectivity index (χ0v) is 40.4. The number of rotatable bonds is 6. The zero-order chi connectivity index (χ0) is 39.2. The first-order chi connectivity index (χ1) is 27.3. The largest absolute Gasteiger partial charge is 1.00 e. The van der Waals surface area contributed by atoms with Gasteiger partial charge in [0.05, 0.1) is 0 Å². The summed E-state index contributed by atoms with van der Waals surface area (Å²) in [4.78, 5) is 0. The molecule has 1 unspecified atom stereocenters. The van der Waals surface area contributed by atoms with E-state index >= 15 is 0 Å². The van der Waals surface area contributed by atoms with Crippen LogP contribution in [0, 0.1) is 29.1 Å². The fourth-order valence-corrected chi connectivity index (χ4v) is 24.4. The Kier molecular flexibility index (Phi) is 10.3. The Balaban J connectivity index is 0.00000224. The molecule has 8 aliphatic carbocycles. The molecular weight excluding hydrogens is 835 g/mol. The number of allylic oxidation sites excluding steroid dienone is 8. The van der Waals surface area contributed by atoms with Crippen LogP contribution >= 0.6 is 0 Å². The summed E-state index contributed by atoms with van der Waals surface area (Å²) in [6.45, 7) is 19.6. The minimum Gasteiger partial charge on any atom is -1.00 e. The van der Waals surface area contributed by atoms with Gasteiger partial charge in [-0.3, -0.25) is 0 Å². The molecule has 0 radical (unpaired) electrons. The van der Waals surface area contributed by atoms with E-state index in [2.05, 4.69) is 159 Å². The summed E-state index contributed by atoms with van der Waals surface area (Å²) in [7, 11) is 0. The second-order valence-corrected chi connectivity index (χ2v) is 27.1. The standard InChI is InChI=1S/C25H25.C18H25.C13H10.2ClH.Zr/c1-14-12-24(3,4)22-8-16-7-17-9-23-19(15(2)13-25(23,5)6)11-21(17)20(16)10-18(14)22;1-12-3-13(2)17(4-12)11-18-8-14-5-15(9-18)7-16(6-14)10-18;1-3-7-12(8-4-1)11-13-9-5-2-6-10-13;;;/h7-13H,1-6H3;4,12,14-16H,5-11H2,1-2H3;1-10H;2*1H;/q;;;;;+2/p-2. The van der Waals surface area contributed by atoms with Gasteiger partial charge in [-0.25, -0.2) is 0 Å². The smallest absolute Gasteiger partial charge is 1.00 e. The Hall–Kier alpha value is -2.83. The molecule has 4 saturated carbocycles. The normalized spacial score (nSPS) is 27.1. The van der Waals surface area contributed by atoms with Crippen LogP contribution in [0.15, 0.2) is 118 Å². The SMILES string of the molecule is CC1=CC(C)(C)c2cc3c(cc21)-c1cc2c(cc1[CH]3[Zr+2]([C]1=C(C)C(CC34CC5CC(CC(C5)C3)C4)=CC1C)=[C](c1ccccc1)c1ccccc1)C(C)(C)C=C2C.[Cl-].[Cl-]. The van der Waals surface area contributed by atoms with Crippen LogP contribution in [0.3, 0.4) is 0 Å². The predicted octanol–water partition coefficient (Wildman–Crippen LogP) is 8.50. The van der Waals surface area contributed by atoms with E-state index in [1.807, 2.05) is 3.28 Å².